The Morgan fingerprint density at radius 2 is 1.90 bits per heavy atom. The zero-order chi connectivity index (χ0) is 14.7. The molecule has 0 saturated carbocycles. The van der Waals surface area contributed by atoms with Gasteiger partial charge in [0.1, 0.15) is 11.9 Å². The molecule has 1 saturated heterocycles. The SMILES string of the molecule is Cc1ccc(Oc2cc(Cl)ccc2OC2CCNC2)cc1. The van der Waals surface area contributed by atoms with E-state index in [0.717, 1.165) is 31.0 Å². The molecule has 3 nitrogen and oxygen atoms in total. The maximum absolute atomic E-state index is 6.08. The van der Waals surface area contributed by atoms with Crippen molar-refractivity contribution in [2.45, 2.75) is 19.4 Å². The van der Waals surface area contributed by atoms with Gasteiger partial charge in [-0.05, 0) is 44.2 Å². The second-order valence-corrected chi connectivity index (χ2v) is 5.68. The minimum absolute atomic E-state index is 0.187. The van der Waals surface area contributed by atoms with Crippen molar-refractivity contribution in [3.8, 4) is 17.2 Å². The minimum Gasteiger partial charge on any atom is -0.485 e. The summed E-state index contributed by atoms with van der Waals surface area (Å²) in [6, 6.07) is 13.4. The Hall–Kier alpha value is -1.71. The Labute approximate surface area is 129 Å². The first-order chi connectivity index (χ1) is 10.2. The van der Waals surface area contributed by atoms with E-state index < -0.39 is 0 Å². The molecule has 1 fully saturated rings. The lowest BCUT2D eigenvalue weighted by Crippen LogP contribution is -2.19. The highest BCUT2D eigenvalue weighted by molar-refractivity contribution is 6.30. The van der Waals surface area contributed by atoms with Crippen LogP contribution in [0.25, 0.3) is 0 Å². The normalized spacial score (nSPS) is 17.7. The molecule has 1 N–H and O–H groups in total. The second kappa shape index (κ2) is 6.37. The number of rotatable bonds is 4. The zero-order valence-electron chi connectivity index (χ0n) is 11.9. The molecule has 0 bridgehead atoms. The van der Waals surface area contributed by atoms with Gasteiger partial charge in [-0.2, -0.15) is 0 Å². The number of hydrogen-bond donors (Lipinski definition) is 1. The Balaban J connectivity index is 1.81. The average molecular weight is 304 g/mol. The smallest absolute Gasteiger partial charge is 0.170 e. The summed E-state index contributed by atoms with van der Waals surface area (Å²) in [6.45, 7) is 3.91. The van der Waals surface area contributed by atoms with Gasteiger partial charge in [0, 0.05) is 17.6 Å². The molecule has 1 unspecified atom stereocenters. The van der Waals surface area contributed by atoms with Gasteiger partial charge in [0.05, 0.1) is 0 Å². The first-order valence-corrected chi connectivity index (χ1v) is 7.50. The van der Waals surface area contributed by atoms with Crippen LogP contribution in [0, 0.1) is 6.92 Å². The minimum atomic E-state index is 0.187. The fourth-order valence-corrected chi connectivity index (χ4v) is 2.46. The molecule has 2 aromatic carbocycles. The van der Waals surface area contributed by atoms with Crippen LogP contribution in [0.4, 0.5) is 0 Å². The topological polar surface area (TPSA) is 30.5 Å². The second-order valence-electron chi connectivity index (χ2n) is 5.24. The van der Waals surface area contributed by atoms with Gasteiger partial charge in [-0.3, -0.25) is 0 Å². The Bertz CT molecular complexity index is 607. The van der Waals surface area contributed by atoms with Crippen LogP contribution in [0.5, 0.6) is 17.2 Å². The van der Waals surface area contributed by atoms with Gasteiger partial charge >= 0.3 is 0 Å². The molecule has 21 heavy (non-hydrogen) atoms. The van der Waals surface area contributed by atoms with E-state index >= 15 is 0 Å². The summed E-state index contributed by atoms with van der Waals surface area (Å²) in [4.78, 5) is 0. The van der Waals surface area contributed by atoms with E-state index in [4.69, 9.17) is 21.1 Å². The van der Waals surface area contributed by atoms with Crippen molar-refractivity contribution in [3.63, 3.8) is 0 Å². The van der Waals surface area contributed by atoms with E-state index in [0.29, 0.717) is 10.8 Å². The quantitative estimate of drug-likeness (QED) is 0.919. The van der Waals surface area contributed by atoms with Crippen LogP contribution in [-0.4, -0.2) is 19.2 Å². The van der Waals surface area contributed by atoms with Crippen molar-refractivity contribution in [2.75, 3.05) is 13.1 Å². The van der Waals surface area contributed by atoms with Gasteiger partial charge in [0.15, 0.2) is 11.5 Å². The lowest BCUT2D eigenvalue weighted by molar-refractivity contribution is 0.215. The van der Waals surface area contributed by atoms with E-state index in [1.165, 1.54) is 5.56 Å². The lowest BCUT2D eigenvalue weighted by Gasteiger charge is -2.16. The fourth-order valence-electron chi connectivity index (χ4n) is 2.30. The maximum Gasteiger partial charge on any atom is 0.170 e. The van der Waals surface area contributed by atoms with Gasteiger partial charge in [-0.15, -0.1) is 0 Å². The largest absolute Gasteiger partial charge is 0.485 e. The van der Waals surface area contributed by atoms with Crippen LogP contribution < -0.4 is 14.8 Å². The Morgan fingerprint density at radius 3 is 2.62 bits per heavy atom. The molecule has 1 heterocycles. The highest BCUT2D eigenvalue weighted by Gasteiger charge is 2.18. The van der Waals surface area contributed by atoms with Crippen LogP contribution in [0.3, 0.4) is 0 Å². The Morgan fingerprint density at radius 1 is 1.10 bits per heavy atom. The first-order valence-electron chi connectivity index (χ1n) is 7.12. The van der Waals surface area contributed by atoms with E-state index in [9.17, 15) is 0 Å². The highest BCUT2D eigenvalue weighted by Crippen LogP contribution is 2.35. The van der Waals surface area contributed by atoms with Crippen LogP contribution in [0.2, 0.25) is 5.02 Å². The molecule has 0 spiro atoms. The summed E-state index contributed by atoms with van der Waals surface area (Å²) in [6.07, 6.45) is 1.19. The van der Waals surface area contributed by atoms with Crippen molar-refractivity contribution in [3.05, 3.63) is 53.1 Å². The van der Waals surface area contributed by atoms with Gasteiger partial charge < -0.3 is 14.8 Å². The molecular weight excluding hydrogens is 286 g/mol. The predicted molar refractivity (Wildman–Crippen MR) is 84.6 cm³/mol. The fraction of sp³-hybridized carbons (Fsp3) is 0.294. The maximum atomic E-state index is 6.08. The first kappa shape index (κ1) is 14.2. The van der Waals surface area contributed by atoms with Crippen LogP contribution >= 0.6 is 11.6 Å². The molecule has 0 radical (unpaired) electrons. The summed E-state index contributed by atoms with van der Waals surface area (Å²) in [5, 5.41) is 3.92. The monoisotopic (exact) mass is 303 g/mol. The van der Waals surface area contributed by atoms with Gasteiger partial charge in [-0.1, -0.05) is 29.3 Å². The van der Waals surface area contributed by atoms with Crippen molar-refractivity contribution in [1.82, 2.24) is 5.32 Å². The van der Waals surface area contributed by atoms with Crippen LogP contribution in [0.15, 0.2) is 42.5 Å². The molecule has 3 rings (SSSR count). The molecule has 0 aromatic heterocycles. The number of hydrogen-bond acceptors (Lipinski definition) is 3. The summed E-state index contributed by atoms with van der Waals surface area (Å²) < 4.78 is 11.9. The van der Waals surface area contributed by atoms with Crippen LogP contribution in [-0.2, 0) is 0 Å². The number of ether oxygens (including phenoxy) is 2. The van der Waals surface area contributed by atoms with E-state index in [1.54, 1.807) is 6.07 Å². The van der Waals surface area contributed by atoms with E-state index in [1.807, 2.05) is 43.3 Å². The molecular formula is C17H18ClNO2. The zero-order valence-corrected chi connectivity index (χ0v) is 12.7. The third-order valence-electron chi connectivity index (χ3n) is 3.46. The standard InChI is InChI=1S/C17H18ClNO2/c1-12-2-5-14(6-3-12)20-17-10-13(18)4-7-16(17)21-15-8-9-19-11-15/h2-7,10,15,19H,8-9,11H2,1H3. The number of aryl methyl sites for hydroxylation is 1. The van der Waals surface area contributed by atoms with Gasteiger partial charge in [-0.25, -0.2) is 0 Å². The van der Waals surface area contributed by atoms with Crippen molar-refractivity contribution in [1.29, 1.82) is 0 Å². The van der Waals surface area contributed by atoms with Crippen LogP contribution in [0.1, 0.15) is 12.0 Å². The van der Waals surface area contributed by atoms with Crippen molar-refractivity contribution in [2.24, 2.45) is 0 Å². The molecule has 2 aromatic rings. The van der Waals surface area contributed by atoms with Gasteiger partial charge in [0.25, 0.3) is 0 Å². The number of nitrogens with one attached hydrogen (secondary N) is 1. The summed E-state index contributed by atoms with van der Waals surface area (Å²) in [7, 11) is 0. The number of benzene rings is 2. The molecule has 1 atom stereocenters. The van der Waals surface area contributed by atoms with E-state index in [2.05, 4.69) is 5.32 Å². The lowest BCUT2D eigenvalue weighted by atomic mass is 10.2. The van der Waals surface area contributed by atoms with Crippen molar-refractivity contribution < 1.29 is 9.47 Å². The third kappa shape index (κ3) is 3.69. The Kier molecular flexibility index (Phi) is 4.32. The van der Waals surface area contributed by atoms with Crippen molar-refractivity contribution >= 4 is 11.6 Å². The summed E-state index contributed by atoms with van der Waals surface area (Å²) in [5.41, 5.74) is 1.20. The molecule has 0 amide bonds. The van der Waals surface area contributed by atoms with E-state index in [-0.39, 0.29) is 6.10 Å². The molecule has 0 aliphatic carbocycles. The summed E-state index contributed by atoms with van der Waals surface area (Å²) >= 11 is 6.08. The number of halogens is 1. The molecule has 1 aliphatic rings. The average Bonchev–Trinajstić information content (AvgIpc) is 2.97. The highest BCUT2D eigenvalue weighted by atomic mass is 35.5. The molecule has 4 heteroatoms. The molecule has 110 valence electrons. The summed E-state index contributed by atoms with van der Waals surface area (Å²) in [5.74, 6) is 2.16. The van der Waals surface area contributed by atoms with Gasteiger partial charge in [0.2, 0.25) is 0 Å². The third-order valence-corrected chi connectivity index (χ3v) is 3.70. The molecule has 1 aliphatic heterocycles. The predicted octanol–water partition coefficient (Wildman–Crippen LogP) is 4.18.